The van der Waals surface area contributed by atoms with E-state index in [1.807, 2.05) is 0 Å². The van der Waals surface area contributed by atoms with Crippen LogP contribution in [0.15, 0.2) is 0 Å². The summed E-state index contributed by atoms with van der Waals surface area (Å²) in [6.07, 6.45) is 0. The van der Waals surface area contributed by atoms with Crippen LogP contribution in [0.25, 0.3) is 0 Å². The van der Waals surface area contributed by atoms with Gasteiger partial charge in [0.25, 0.3) is 0 Å². The number of hydrogen-bond acceptors (Lipinski definition) is 0. The summed E-state index contributed by atoms with van der Waals surface area (Å²) in [5, 5.41) is 0. The summed E-state index contributed by atoms with van der Waals surface area (Å²) in [4.78, 5) is 0. The van der Waals surface area contributed by atoms with Crippen LogP contribution < -0.4 is 0 Å². The Labute approximate surface area is 58.7 Å². The largest absolute Gasteiger partial charge is 0.0125 e. The molecule has 0 saturated carbocycles. The molecule has 0 aliphatic rings. The monoisotopic (exact) mass is 198 g/mol. The zero-order chi connectivity index (χ0) is 0. The topological polar surface area (TPSA) is 0 Å². The molecular weight excluding hydrogens is 195 g/mol. The molecule has 26 valence electrons. The van der Waals surface area contributed by atoms with Crippen LogP contribution >= 0.6 is 0 Å². The maximum atomic E-state index is 0. The zero-order valence-corrected chi connectivity index (χ0v) is 7.47. The van der Waals surface area contributed by atoms with Gasteiger partial charge in [-0.05, 0) is 11.0 Å². The molecule has 0 aromatic heterocycles. The second kappa shape index (κ2) is 24.0. The molecule has 0 saturated heterocycles. The van der Waals surface area contributed by atoms with Gasteiger partial charge in [0.1, 0.15) is 0 Å². The van der Waals surface area contributed by atoms with E-state index in [9.17, 15) is 0 Å². The third-order valence-electron chi connectivity index (χ3n) is 0. The molecule has 0 bridgehead atoms. The molecule has 0 aliphatic carbocycles. The van der Waals surface area contributed by atoms with E-state index in [2.05, 4.69) is 0 Å². The van der Waals surface area contributed by atoms with Crippen LogP contribution in [-0.4, -0.2) is 19.4 Å². The number of rotatable bonds is 0. The van der Waals surface area contributed by atoms with E-state index < -0.39 is 0 Å². The van der Waals surface area contributed by atoms with E-state index in [0.29, 0.717) is 0 Å². The molecule has 6 radical (unpaired) electrons. The van der Waals surface area contributed by atoms with Gasteiger partial charge in [0.15, 0.2) is 0 Å². The molecule has 0 spiro atoms. The molecule has 0 amide bonds. The molecule has 0 N–H and O–H groups in total. The Kier molecular flexibility index (Phi) is 288. The van der Waals surface area contributed by atoms with Crippen molar-refractivity contribution in [3.8, 4) is 0 Å². The van der Waals surface area contributed by atoms with Crippen molar-refractivity contribution in [2.45, 2.75) is 0 Å². The van der Waals surface area contributed by atoms with Crippen LogP contribution in [0.3, 0.4) is 0 Å². The SMILES string of the molecule is [B].[Cu].[Nb].[SiH3]. The Morgan fingerprint density at radius 3 is 1.00 bits per heavy atom. The van der Waals surface area contributed by atoms with E-state index in [1.54, 1.807) is 0 Å². The van der Waals surface area contributed by atoms with Crippen molar-refractivity contribution in [2.75, 3.05) is 0 Å². The zero-order valence-electron chi connectivity index (χ0n) is 2.33. The summed E-state index contributed by atoms with van der Waals surface area (Å²) in [6.45, 7) is 0. The van der Waals surface area contributed by atoms with E-state index in [-0.39, 0.29) is 58.8 Å². The van der Waals surface area contributed by atoms with Crippen molar-refractivity contribution < 1.29 is 39.4 Å². The first-order valence-electron chi connectivity index (χ1n) is 0. The number of hydrogen-bond donors (Lipinski definition) is 0. The van der Waals surface area contributed by atoms with Crippen LogP contribution in [0.5, 0.6) is 0 Å². The van der Waals surface area contributed by atoms with Gasteiger partial charge in [-0.3, -0.25) is 0 Å². The third-order valence-corrected chi connectivity index (χ3v) is 0. The second-order valence-corrected chi connectivity index (χ2v) is 0. The van der Waals surface area contributed by atoms with Crippen LogP contribution in [0.2, 0.25) is 0 Å². The summed E-state index contributed by atoms with van der Waals surface area (Å²) >= 11 is 0. The van der Waals surface area contributed by atoms with Crippen molar-refractivity contribution in [3.05, 3.63) is 0 Å². The molecule has 0 aromatic carbocycles. The first kappa shape index (κ1) is 48.1. The summed E-state index contributed by atoms with van der Waals surface area (Å²) in [5.74, 6) is 0. The van der Waals surface area contributed by atoms with Crippen LogP contribution in [0.4, 0.5) is 0 Å². The van der Waals surface area contributed by atoms with Gasteiger partial charge in [0.2, 0.25) is 0 Å². The average molecular weight is 198 g/mol. The van der Waals surface area contributed by atoms with Gasteiger partial charge in [0, 0.05) is 47.9 Å². The summed E-state index contributed by atoms with van der Waals surface area (Å²) in [5.41, 5.74) is 0. The summed E-state index contributed by atoms with van der Waals surface area (Å²) in [7, 11) is 0. The Morgan fingerprint density at radius 2 is 1.00 bits per heavy atom. The predicted molar refractivity (Wildman–Crippen MR) is 15.7 cm³/mol. The molecule has 4 heavy (non-hydrogen) atoms. The van der Waals surface area contributed by atoms with Crippen molar-refractivity contribution >= 4 is 19.4 Å². The van der Waals surface area contributed by atoms with Crippen molar-refractivity contribution in [1.82, 2.24) is 0 Å². The Hall–Kier alpha value is 1.54. The van der Waals surface area contributed by atoms with Gasteiger partial charge in [-0.15, -0.1) is 0 Å². The van der Waals surface area contributed by atoms with Gasteiger partial charge >= 0.3 is 0 Å². The van der Waals surface area contributed by atoms with Gasteiger partial charge in [-0.1, -0.05) is 0 Å². The van der Waals surface area contributed by atoms with E-state index in [1.165, 1.54) is 0 Å². The molecule has 0 nitrogen and oxygen atoms in total. The molecule has 0 rings (SSSR count). The van der Waals surface area contributed by atoms with Crippen LogP contribution in [0.1, 0.15) is 0 Å². The normalized spacial score (nSPS) is 0. The molecule has 0 heterocycles. The molecule has 0 unspecified atom stereocenters. The molecule has 0 aromatic rings. The van der Waals surface area contributed by atoms with Gasteiger partial charge in [-0.2, -0.15) is 0 Å². The minimum atomic E-state index is 0. The maximum absolute atomic E-state index is 0. The summed E-state index contributed by atoms with van der Waals surface area (Å²) in [6, 6.07) is 0. The summed E-state index contributed by atoms with van der Waals surface area (Å²) < 4.78 is 0. The third kappa shape index (κ3) is 9.63. The van der Waals surface area contributed by atoms with E-state index >= 15 is 0 Å². The molecular formula is H3BCuNbSi. The second-order valence-electron chi connectivity index (χ2n) is 0. The smallest absolute Gasteiger partial charge is 0 e. The Bertz CT molecular complexity index is 8.00. The van der Waals surface area contributed by atoms with Gasteiger partial charge in [0.05, 0.1) is 0 Å². The quantitative estimate of drug-likeness (QED) is 0.413. The first-order valence-corrected chi connectivity index (χ1v) is 0. The van der Waals surface area contributed by atoms with Gasteiger partial charge in [-0.25, -0.2) is 0 Å². The Balaban J connectivity index is 0. The van der Waals surface area contributed by atoms with Crippen LogP contribution in [-0.2, 0) is 39.4 Å². The fourth-order valence-electron chi connectivity index (χ4n) is 0. The van der Waals surface area contributed by atoms with Crippen molar-refractivity contribution in [3.63, 3.8) is 0 Å². The average Bonchev–Trinajstić information content (AvgIpc) is 0. The molecule has 0 aliphatic heterocycles. The maximum Gasteiger partial charge on any atom is 0 e. The molecule has 0 atom stereocenters. The fraction of sp³-hybridized carbons (Fsp3) is 0. The van der Waals surface area contributed by atoms with Crippen molar-refractivity contribution in [1.29, 1.82) is 0 Å². The molecule has 4 heteroatoms. The minimum Gasteiger partial charge on any atom is -0.0125 e. The van der Waals surface area contributed by atoms with Crippen LogP contribution in [0, 0.1) is 0 Å². The first-order chi connectivity index (χ1) is 0. The predicted octanol–water partition coefficient (Wildman–Crippen LogP) is -1.57. The van der Waals surface area contributed by atoms with E-state index in [4.69, 9.17) is 0 Å². The minimum absolute atomic E-state index is 0. The molecule has 0 fully saturated rings. The van der Waals surface area contributed by atoms with E-state index in [0.717, 1.165) is 0 Å². The van der Waals surface area contributed by atoms with Crippen molar-refractivity contribution in [2.24, 2.45) is 0 Å². The Morgan fingerprint density at radius 1 is 1.00 bits per heavy atom. The fourth-order valence-corrected chi connectivity index (χ4v) is 0. The van der Waals surface area contributed by atoms with Gasteiger partial charge < -0.3 is 0 Å². The standard InChI is InChI=1S/B.Cu.Nb.H3Si/h;;;1H3.